The van der Waals surface area contributed by atoms with Crippen molar-refractivity contribution in [3.63, 3.8) is 0 Å². The van der Waals surface area contributed by atoms with Crippen molar-refractivity contribution >= 4 is 11.7 Å². The average Bonchev–Trinajstić information content (AvgIpc) is 2.28. The van der Waals surface area contributed by atoms with E-state index in [4.69, 9.17) is 5.73 Å². The molecule has 0 spiro atoms. The molecule has 0 heterocycles. The van der Waals surface area contributed by atoms with Crippen LogP contribution in [0.25, 0.3) is 0 Å². The fraction of sp³-hybridized carbons (Fsp3) is 0.500. The largest absolute Gasteiger partial charge is 0.481 e. The zero-order valence-corrected chi connectivity index (χ0v) is 11.5. The maximum absolute atomic E-state index is 11.3. The maximum Gasteiger partial charge on any atom is 0.312 e. The lowest BCUT2D eigenvalue weighted by atomic mass is 9.92. The molecule has 0 saturated heterocycles. The van der Waals surface area contributed by atoms with Crippen molar-refractivity contribution in [2.24, 2.45) is 5.73 Å². The van der Waals surface area contributed by atoms with Gasteiger partial charge in [-0.2, -0.15) is 0 Å². The summed E-state index contributed by atoms with van der Waals surface area (Å²) in [6, 6.07) is 5.97. The van der Waals surface area contributed by atoms with E-state index >= 15 is 0 Å². The second-order valence-electron chi connectivity index (χ2n) is 4.99. The first-order chi connectivity index (χ1) is 8.38. The Bertz CT molecular complexity index is 428. The topological polar surface area (TPSA) is 66.6 Å². The summed E-state index contributed by atoms with van der Waals surface area (Å²) in [5.41, 5.74) is 8.44. The summed E-state index contributed by atoms with van der Waals surface area (Å²) in [6.45, 7) is 4.29. The van der Waals surface area contributed by atoms with Gasteiger partial charge in [-0.15, -0.1) is 0 Å². The monoisotopic (exact) mass is 250 g/mol. The number of aliphatic carboxylic acids is 1. The zero-order valence-electron chi connectivity index (χ0n) is 11.5. The van der Waals surface area contributed by atoms with Gasteiger partial charge < -0.3 is 15.7 Å². The smallest absolute Gasteiger partial charge is 0.312 e. The number of anilines is 1. The number of nitrogens with two attached hydrogens (primary N) is 1. The van der Waals surface area contributed by atoms with Gasteiger partial charge in [0, 0.05) is 26.3 Å². The van der Waals surface area contributed by atoms with E-state index in [9.17, 15) is 9.90 Å². The quantitative estimate of drug-likeness (QED) is 0.839. The minimum absolute atomic E-state index is 0.109. The van der Waals surface area contributed by atoms with Crippen molar-refractivity contribution in [2.45, 2.75) is 25.7 Å². The van der Waals surface area contributed by atoms with Crippen molar-refractivity contribution in [1.82, 2.24) is 0 Å². The molecule has 1 rings (SSSR count). The summed E-state index contributed by atoms with van der Waals surface area (Å²) < 4.78 is 0. The fourth-order valence-corrected chi connectivity index (χ4v) is 1.98. The van der Waals surface area contributed by atoms with E-state index in [1.165, 1.54) is 0 Å². The molecule has 1 aromatic rings. The molecular weight excluding hydrogens is 228 g/mol. The molecule has 0 radical (unpaired) electrons. The van der Waals surface area contributed by atoms with Crippen LogP contribution in [0, 0.1) is 0 Å². The Morgan fingerprint density at radius 2 is 2.00 bits per heavy atom. The second kappa shape index (κ2) is 5.87. The number of hydrogen-bond acceptors (Lipinski definition) is 3. The van der Waals surface area contributed by atoms with Gasteiger partial charge in [0.2, 0.25) is 0 Å². The highest BCUT2D eigenvalue weighted by molar-refractivity contribution is 5.79. The number of carboxylic acid groups (broad SMARTS) is 1. The molecule has 1 aromatic carbocycles. The molecule has 0 aromatic heterocycles. The Morgan fingerprint density at radius 1 is 1.39 bits per heavy atom. The fourth-order valence-electron chi connectivity index (χ4n) is 1.98. The molecule has 0 bridgehead atoms. The van der Waals surface area contributed by atoms with Crippen LogP contribution >= 0.6 is 0 Å². The van der Waals surface area contributed by atoms with Crippen LogP contribution in [0.4, 0.5) is 5.69 Å². The lowest BCUT2D eigenvalue weighted by molar-refractivity contribution is -0.138. The highest BCUT2D eigenvalue weighted by Gasteiger charge is 2.22. The minimum Gasteiger partial charge on any atom is -0.481 e. The molecule has 0 amide bonds. The first-order valence-corrected chi connectivity index (χ1v) is 6.12. The van der Waals surface area contributed by atoms with Gasteiger partial charge in [-0.3, -0.25) is 4.79 Å². The van der Waals surface area contributed by atoms with Crippen LogP contribution in [-0.4, -0.2) is 31.7 Å². The predicted octanol–water partition coefficient (Wildman–Crippen LogP) is 2.00. The summed E-state index contributed by atoms with van der Waals surface area (Å²) in [4.78, 5) is 13.2. The Kier molecular flexibility index (Phi) is 4.73. The van der Waals surface area contributed by atoms with Crippen LogP contribution in [-0.2, 0) is 4.79 Å². The Hall–Kier alpha value is -1.55. The molecule has 4 heteroatoms. The van der Waals surface area contributed by atoms with Gasteiger partial charge in [-0.25, -0.2) is 0 Å². The number of benzene rings is 1. The zero-order chi connectivity index (χ0) is 13.9. The van der Waals surface area contributed by atoms with Crippen LogP contribution in [0.15, 0.2) is 18.2 Å². The van der Waals surface area contributed by atoms with Gasteiger partial charge in [0.1, 0.15) is 0 Å². The van der Waals surface area contributed by atoms with Gasteiger partial charge in [0.05, 0.1) is 5.92 Å². The van der Waals surface area contributed by atoms with E-state index in [1.54, 1.807) is 0 Å². The van der Waals surface area contributed by atoms with Crippen molar-refractivity contribution < 1.29 is 9.90 Å². The first-order valence-electron chi connectivity index (χ1n) is 6.12. The normalized spacial score (nSPS) is 12.6. The summed E-state index contributed by atoms with van der Waals surface area (Å²) in [6.07, 6.45) is 0. The lowest BCUT2D eigenvalue weighted by Gasteiger charge is -2.22. The maximum atomic E-state index is 11.3. The molecule has 4 nitrogen and oxygen atoms in total. The Morgan fingerprint density at radius 3 is 2.39 bits per heavy atom. The third-order valence-electron chi connectivity index (χ3n) is 3.11. The highest BCUT2D eigenvalue weighted by Crippen LogP contribution is 2.30. The van der Waals surface area contributed by atoms with E-state index < -0.39 is 11.9 Å². The molecule has 0 aliphatic rings. The molecule has 18 heavy (non-hydrogen) atoms. The van der Waals surface area contributed by atoms with Gasteiger partial charge in [0.25, 0.3) is 0 Å². The second-order valence-corrected chi connectivity index (χ2v) is 4.99. The number of hydrogen-bond donors (Lipinski definition) is 2. The molecular formula is C14H22N2O2. The summed E-state index contributed by atoms with van der Waals surface area (Å²) in [7, 11) is 3.81. The van der Waals surface area contributed by atoms with Gasteiger partial charge in [-0.05, 0) is 23.1 Å². The van der Waals surface area contributed by atoms with Crippen LogP contribution in [0.1, 0.15) is 36.8 Å². The van der Waals surface area contributed by atoms with Crippen LogP contribution in [0.3, 0.4) is 0 Å². The number of carbonyl (C=O) groups is 1. The van der Waals surface area contributed by atoms with E-state index in [0.717, 1.165) is 16.8 Å². The van der Waals surface area contributed by atoms with Crippen molar-refractivity contribution in [3.05, 3.63) is 29.3 Å². The predicted molar refractivity (Wildman–Crippen MR) is 74.3 cm³/mol. The van der Waals surface area contributed by atoms with Crippen molar-refractivity contribution in [3.8, 4) is 0 Å². The molecule has 0 aliphatic heterocycles. The molecule has 0 saturated carbocycles. The highest BCUT2D eigenvalue weighted by atomic mass is 16.4. The van der Waals surface area contributed by atoms with Crippen molar-refractivity contribution in [1.29, 1.82) is 0 Å². The molecule has 1 atom stereocenters. The van der Waals surface area contributed by atoms with Crippen molar-refractivity contribution in [2.75, 3.05) is 25.5 Å². The van der Waals surface area contributed by atoms with Crippen LogP contribution < -0.4 is 10.6 Å². The van der Waals surface area contributed by atoms with E-state index in [0.29, 0.717) is 5.92 Å². The molecule has 1 unspecified atom stereocenters. The van der Waals surface area contributed by atoms with Gasteiger partial charge in [-0.1, -0.05) is 26.0 Å². The summed E-state index contributed by atoms with van der Waals surface area (Å²) >= 11 is 0. The van der Waals surface area contributed by atoms with E-state index in [-0.39, 0.29) is 6.54 Å². The van der Waals surface area contributed by atoms with E-state index in [2.05, 4.69) is 13.8 Å². The third-order valence-corrected chi connectivity index (χ3v) is 3.11. The van der Waals surface area contributed by atoms with Crippen LogP contribution in [0.2, 0.25) is 0 Å². The summed E-state index contributed by atoms with van der Waals surface area (Å²) in [5.74, 6) is -1.16. The number of carboxylic acids is 1. The molecule has 0 aliphatic carbocycles. The van der Waals surface area contributed by atoms with Gasteiger partial charge in [0.15, 0.2) is 0 Å². The standard InChI is InChI=1S/C14H22N2O2/c1-9(2)10-5-6-13(16(3)4)11(7-10)12(8-15)14(17)18/h5-7,9,12H,8,15H2,1-4H3,(H,17,18). The number of rotatable bonds is 5. The molecule has 100 valence electrons. The minimum atomic E-state index is -0.874. The van der Waals surface area contributed by atoms with Crippen LogP contribution in [0.5, 0.6) is 0 Å². The summed E-state index contributed by atoms with van der Waals surface area (Å²) in [5, 5.41) is 9.26. The third kappa shape index (κ3) is 3.01. The van der Waals surface area contributed by atoms with Gasteiger partial charge >= 0.3 is 5.97 Å². The molecule has 0 fully saturated rings. The SMILES string of the molecule is CC(C)c1ccc(N(C)C)c(C(CN)C(=O)O)c1. The number of nitrogens with zero attached hydrogens (tertiary/aromatic N) is 1. The Labute approximate surface area is 108 Å². The lowest BCUT2D eigenvalue weighted by Crippen LogP contribution is -2.24. The molecule has 3 N–H and O–H groups in total. The first kappa shape index (κ1) is 14.5. The van der Waals surface area contributed by atoms with E-state index in [1.807, 2.05) is 37.2 Å². The average molecular weight is 250 g/mol. The Balaban J connectivity index is 3.35.